The second-order valence-electron chi connectivity index (χ2n) is 9.40. The van der Waals surface area contributed by atoms with Crippen LogP contribution in [0.4, 0.5) is 16.2 Å². The van der Waals surface area contributed by atoms with E-state index in [-0.39, 0.29) is 29.5 Å². The fraction of sp³-hybridized carbons (Fsp3) is 0.320. The molecular formula is C25H24ClN3O5. The van der Waals surface area contributed by atoms with Crippen molar-refractivity contribution in [3.05, 3.63) is 52.1 Å². The third kappa shape index (κ3) is 3.49. The molecule has 9 heteroatoms. The van der Waals surface area contributed by atoms with E-state index in [0.717, 1.165) is 22.6 Å². The molecule has 0 spiro atoms. The summed E-state index contributed by atoms with van der Waals surface area (Å²) in [5.41, 5.74) is 2.70. The van der Waals surface area contributed by atoms with Crippen molar-refractivity contribution < 1.29 is 23.9 Å². The molecule has 0 bridgehead atoms. The molecule has 0 saturated carbocycles. The van der Waals surface area contributed by atoms with Gasteiger partial charge in [-0.3, -0.25) is 14.9 Å². The van der Waals surface area contributed by atoms with Gasteiger partial charge >= 0.3 is 6.03 Å². The summed E-state index contributed by atoms with van der Waals surface area (Å²) in [4.78, 5) is 41.6. The smallest absolute Gasteiger partial charge is 0.335 e. The van der Waals surface area contributed by atoms with Crippen LogP contribution in [0.3, 0.4) is 0 Å². The average molecular weight is 482 g/mol. The topological polar surface area (TPSA) is 88.2 Å². The number of nitrogens with zero attached hydrogens (tertiary/aromatic N) is 2. The Morgan fingerprint density at radius 1 is 1.12 bits per heavy atom. The quantitative estimate of drug-likeness (QED) is 0.503. The summed E-state index contributed by atoms with van der Waals surface area (Å²) in [6.45, 7) is 6.58. The first kappa shape index (κ1) is 22.3. The Labute approximate surface area is 202 Å². The number of halogens is 1. The van der Waals surface area contributed by atoms with Crippen molar-refractivity contribution in [2.24, 2.45) is 0 Å². The number of anilines is 2. The van der Waals surface area contributed by atoms with E-state index in [9.17, 15) is 14.4 Å². The van der Waals surface area contributed by atoms with Crippen LogP contribution in [0.25, 0.3) is 6.08 Å². The number of carbonyl (C=O) groups excluding carboxylic acids is 3. The Morgan fingerprint density at radius 3 is 2.62 bits per heavy atom. The van der Waals surface area contributed by atoms with Crippen LogP contribution in [0.15, 0.2) is 35.9 Å². The lowest BCUT2D eigenvalue weighted by Gasteiger charge is -2.45. The number of imide groups is 2. The van der Waals surface area contributed by atoms with E-state index in [1.54, 1.807) is 12.1 Å². The molecule has 0 aromatic heterocycles. The summed E-state index contributed by atoms with van der Waals surface area (Å²) in [7, 11) is 2.03. The summed E-state index contributed by atoms with van der Waals surface area (Å²) in [5.74, 6) is -0.319. The van der Waals surface area contributed by atoms with Gasteiger partial charge in [0, 0.05) is 29.4 Å². The molecule has 8 nitrogen and oxygen atoms in total. The van der Waals surface area contributed by atoms with Gasteiger partial charge in [-0.2, -0.15) is 0 Å². The largest absolute Gasteiger partial charge is 0.454 e. The molecule has 0 radical (unpaired) electrons. The molecule has 1 atom stereocenters. The Bertz CT molecular complexity index is 1290. The van der Waals surface area contributed by atoms with E-state index in [1.165, 1.54) is 12.1 Å². The maximum absolute atomic E-state index is 13.3. The highest BCUT2D eigenvalue weighted by molar-refractivity contribution is 6.40. The van der Waals surface area contributed by atoms with Gasteiger partial charge in [-0.25, -0.2) is 9.69 Å². The number of hydrogen-bond donors (Lipinski definition) is 1. The number of amides is 4. The summed E-state index contributed by atoms with van der Waals surface area (Å²) >= 11 is 6.60. The molecule has 1 N–H and O–H groups in total. The number of urea groups is 1. The standard InChI is InChI=1S/C25H24ClN3O5/c1-13-11-25(2,3)28(4)19-10-18(26)14(7-16(13)19)8-17-22(30)27-24(32)29(23(17)31)15-5-6-20-21(9-15)34-12-33-20/h5-10,13H,11-12H2,1-4H3,(H,27,30,32)/b17-8-. The van der Waals surface area contributed by atoms with Crippen LogP contribution in [-0.2, 0) is 9.59 Å². The number of benzene rings is 2. The highest BCUT2D eigenvalue weighted by Crippen LogP contribution is 2.44. The minimum Gasteiger partial charge on any atom is -0.454 e. The van der Waals surface area contributed by atoms with E-state index in [0.29, 0.717) is 22.1 Å². The van der Waals surface area contributed by atoms with Crippen LogP contribution >= 0.6 is 11.6 Å². The Kier molecular flexibility index (Phi) is 5.09. The number of rotatable bonds is 2. The number of barbiturate groups is 1. The van der Waals surface area contributed by atoms with Gasteiger partial charge in [-0.15, -0.1) is 0 Å². The molecule has 2 aromatic carbocycles. The molecule has 3 aliphatic heterocycles. The van der Waals surface area contributed by atoms with E-state index in [1.807, 2.05) is 19.2 Å². The number of ether oxygens (including phenoxy) is 2. The van der Waals surface area contributed by atoms with Gasteiger partial charge in [0.2, 0.25) is 6.79 Å². The molecule has 2 aromatic rings. The molecule has 176 valence electrons. The maximum atomic E-state index is 13.3. The SMILES string of the molecule is CC1CC(C)(C)N(C)c2cc(Cl)c(/C=C3/C(=O)NC(=O)N(c4ccc5c(c4)OCO5)C3=O)cc21. The second-order valence-corrected chi connectivity index (χ2v) is 9.81. The summed E-state index contributed by atoms with van der Waals surface area (Å²) in [5, 5.41) is 2.65. The van der Waals surface area contributed by atoms with Crippen molar-refractivity contribution >= 4 is 46.9 Å². The third-order valence-corrected chi connectivity index (χ3v) is 7.10. The van der Waals surface area contributed by atoms with Crippen LogP contribution < -0.4 is 24.6 Å². The van der Waals surface area contributed by atoms with Gasteiger partial charge in [0.15, 0.2) is 11.5 Å². The number of nitrogens with one attached hydrogen (secondary N) is 1. The van der Waals surface area contributed by atoms with Crippen LogP contribution in [0.2, 0.25) is 5.02 Å². The van der Waals surface area contributed by atoms with Gasteiger partial charge in [0.05, 0.1) is 5.69 Å². The molecule has 4 amide bonds. The lowest BCUT2D eigenvalue weighted by molar-refractivity contribution is -0.122. The molecule has 34 heavy (non-hydrogen) atoms. The van der Waals surface area contributed by atoms with Crippen LogP contribution in [0.1, 0.15) is 44.2 Å². The van der Waals surface area contributed by atoms with Gasteiger partial charge in [-0.1, -0.05) is 18.5 Å². The van der Waals surface area contributed by atoms with Gasteiger partial charge in [0.25, 0.3) is 11.8 Å². The van der Waals surface area contributed by atoms with Crippen LogP contribution in [0, 0.1) is 0 Å². The Hall–Kier alpha value is -3.52. The third-order valence-electron chi connectivity index (χ3n) is 6.77. The van der Waals surface area contributed by atoms with E-state index in [4.69, 9.17) is 21.1 Å². The van der Waals surface area contributed by atoms with Crippen LogP contribution in [-0.4, -0.2) is 37.2 Å². The highest BCUT2D eigenvalue weighted by atomic mass is 35.5. The summed E-state index contributed by atoms with van der Waals surface area (Å²) in [6, 6.07) is 7.65. The summed E-state index contributed by atoms with van der Waals surface area (Å²) in [6.07, 6.45) is 2.39. The second kappa shape index (κ2) is 7.77. The van der Waals surface area contributed by atoms with E-state index < -0.39 is 17.8 Å². The van der Waals surface area contributed by atoms with Gasteiger partial charge in [0.1, 0.15) is 5.57 Å². The lowest BCUT2D eigenvalue weighted by atomic mass is 9.80. The number of carbonyl (C=O) groups is 3. The number of hydrogen-bond acceptors (Lipinski definition) is 6. The van der Waals surface area contributed by atoms with Crippen molar-refractivity contribution in [1.29, 1.82) is 0 Å². The predicted molar refractivity (Wildman–Crippen MR) is 129 cm³/mol. The van der Waals surface area contributed by atoms with Crippen LogP contribution in [0.5, 0.6) is 11.5 Å². The monoisotopic (exact) mass is 481 g/mol. The fourth-order valence-corrected chi connectivity index (χ4v) is 5.00. The van der Waals surface area contributed by atoms with Crippen molar-refractivity contribution in [2.75, 3.05) is 23.6 Å². The average Bonchev–Trinajstić information content (AvgIpc) is 3.23. The molecule has 5 rings (SSSR count). The molecular weight excluding hydrogens is 458 g/mol. The normalized spacial score (nSPS) is 22.2. The van der Waals surface area contributed by atoms with E-state index >= 15 is 0 Å². The zero-order chi connectivity index (χ0) is 24.4. The van der Waals surface area contributed by atoms with Crippen molar-refractivity contribution in [1.82, 2.24) is 5.32 Å². The zero-order valence-corrected chi connectivity index (χ0v) is 20.0. The first-order valence-electron chi connectivity index (χ1n) is 11.0. The van der Waals surface area contributed by atoms with Gasteiger partial charge in [-0.05, 0) is 67.7 Å². The molecule has 3 heterocycles. The van der Waals surface area contributed by atoms with Crippen molar-refractivity contribution in [2.45, 2.75) is 38.6 Å². The minimum absolute atomic E-state index is 0.0274. The zero-order valence-electron chi connectivity index (χ0n) is 19.3. The Morgan fingerprint density at radius 2 is 1.85 bits per heavy atom. The molecule has 1 fully saturated rings. The summed E-state index contributed by atoms with van der Waals surface area (Å²) < 4.78 is 10.6. The minimum atomic E-state index is -0.833. The maximum Gasteiger partial charge on any atom is 0.335 e. The molecule has 1 saturated heterocycles. The molecule has 3 aliphatic rings. The van der Waals surface area contributed by atoms with Crippen molar-refractivity contribution in [3.63, 3.8) is 0 Å². The Balaban J connectivity index is 1.54. The lowest BCUT2D eigenvalue weighted by Crippen LogP contribution is -2.54. The number of fused-ring (bicyclic) bond motifs is 2. The predicted octanol–water partition coefficient (Wildman–Crippen LogP) is 4.46. The molecule has 1 unspecified atom stereocenters. The first-order chi connectivity index (χ1) is 16.1. The van der Waals surface area contributed by atoms with Crippen molar-refractivity contribution in [3.8, 4) is 11.5 Å². The highest BCUT2D eigenvalue weighted by Gasteiger charge is 2.38. The van der Waals surface area contributed by atoms with Gasteiger partial charge < -0.3 is 14.4 Å². The fourth-order valence-electron chi connectivity index (χ4n) is 4.79. The first-order valence-corrected chi connectivity index (χ1v) is 11.3. The molecule has 0 aliphatic carbocycles. The van der Waals surface area contributed by atoms with E-state index in [2.05, 4.69) is 31.0 Å².